The highest BCUT2D eigenvalue weighted by atomic mass is 16.3. The van der Waals surface area contributed by atoms with Crippen molar-refractivity contribution in [3.63, 3.8) is 0 Å². The van der Waals surface area contributed by atoms with E-state index in [0.29, 0.717) is 11.3 Å². The van der Waals surface area contributed by atoms with Gasteiger partial charge in [-0.05, 0) is 36.2 Å². The molecular weight excluding hydrogens is 208 g/mol. The molecule has 1 aromatic carbocycles. The zero-order valence-electron chi connectivity index (χ0n) is 11.0. The smallest absolute Gasteiger partial charge is 0.0952 e. The summed E-state index contributed by atoms with van der Waals surface area (Å²) in [6.45, 7) is 6.98. The van der Waals surface area contributed by atoms with Crippen LogP contribution in [0.25, 0.3) is 0 Å². The number of hydrogen-bond acceptors (Lipinski definition) is 1. The summed E-state index contributed by atoms with van der Waals surface area (Å²) in [5, 5.41) is 11.1. The zero-order chi connectivity index (χ0) is 12.3. The van der Waals surface area contributed by atoms with E-state index in [2.05, 4.69) is 32.9 Å². The molecule has 1 N–H and O–H groups in total. The van der Waals surface area contributed by atoms with E-state index in [4.69, 9.17) is 0 Å². The Balaban J connectivity index is 2.03. The van der Waals surface area contributed by atoms with Crippen LogP contribution in [0, 0.1) is 16.7 Å². The van der Waals surface area contributed by atoms with Crippen molar-refractivity contribution in [2.75, 3.05) is 0 Å². The van der Waals surface area contributed by atoms with Gasteiger partial charge in [0, 0.05) is 5.41 Å². The first kappa shape index (κ1) is 11.3. The highest BCUT2D eigenvalue weighted by molar-refractivity contribution is 5.30. The van der Waals surface area contributed by atoms with Crippen molar-refractivity contribution in [1.82, 2.24) is 0 Å². The highest BCUT2D eigenvalue weighted by Crippen LogP contribution is 2.69. The molecule has 1 aromatic rings. The predicted octanol–water partition coefficient (Wildman–Crippen LogP) is 3.72. The zero-order valence-corrected chi connectivity index (χ0v) is 11.0. The van der Waals surface area contributed by atoms with Crippen LogP contribution < -0.4 is 0 Å². The van der Waals surface area contributed by atoms with E-state index >= 15 is 0 Å². The Kier molecular flexibility index (Phi) is 2.08. The van der Waals surface area contributed by atoms with E-state index in [1.165, 1.54) is 6.42 Å². The summed E-state index contributed by atoms with van der Waals surface area (Å²) in [5.41, 5.74) is 0.965. The van der Waals surface area contributed by atoms with Gasteiger partial charge in [0.1, 0.15) is 0 Å². The first-order valence-electron chi connectivity index (χ1n) is 6.65. The molecule has 2 saturated carbocycles. The molecule has 0 aromatic heterocycles. The minimum absolute atomic E-state index is 0.0581. The summed E-state index contributed by atoms with van der Waals surface area (Å²) >= 11 is 0. The number of rotatable bonds is 1. The summed E-state index contributed by atoms with van der Waals surface area (Å²) in [6, 6.07) is 10.3. The molecule has 0 saturated heterocycles. The molecule has 0 heterocycles. The van der Waals surface area contributed by atoms with Crippen LogP contribution in [0.15, 0.2) is 30.3 Å². The molecule has 2 bridgehead atoms. The van der Waals surface area contributed by atoms with E-state index in [9.17, 15) is 5.11 Å². The number of aliphatic hydroxyl groups is 1. The molecule has 2 fully saturated rings. The van der Waals surface area contributed by atoms with Crippen LogP contribution in [0.4, 0.5) is 0 Å². The predicted molar refractivity (Wildman–Crippen MR) is 69.6 cm³/mol. The minimum atomic E-state index is -0.603. The summed E-state index contributed by atoms with van der Waals surface area (Å²) in [5.74, 6) is 0.665. The third-order valence-corrected chi connectivity index (χ3v) is 5.44. The molecule has 0 amide bonds. The molecular formula is C16H22O. The van der Waals surface area contributed by atoms with Crippen molar-refractivity contribution >= 4 is 0 Å². The molecule has 0 spiro atoms. The molecule has 1 heteroatoms. The summed E-state index contributed by atoms with van der Waals surface area (Å²) in [4.78, 5) is 0. The van der Waals surface area contributed by atoms with Crippen molar-refractivity contribution in [3.05, 3.63) is 35.9 Å². The fraction of sp³-hybridized carbons (Fsp3) is 0.625. The van der Waals surface area contributed by atoms with Gasteiger partial charge in [0.15, 0.2) is 0 Å². The van der Waals surface area contributed by atoms with Crippen LogP contribution in [-0.2, 0) is 5.60 Å². The Morgan fingerprint density at radius 2 is 1.71 bits per heavy atom. The lowest BCUT2D eigenvalue weighted by Crippen LogP contribution is -2.43. The Morgan fingerprint density at radius 3 is 2.18 bits per heavy atom. The number of fused-ring (bicyclic) bond motifs is 2. The molecule has 0 radical (unpaired) electrons. The summed E-state index contributed by atoms with van der Waals surface area (Å²) in [7, 11) is 0. The van der Waals surface area contributed by atoms with Gasteiger partial charge < -0.3 is 5.11 Å². The molecule has 1 nitrogen and oxygen atoms in total. The van der Waals surface area contributed by atoms with Gasteiger partial charge in [0.2, 0.25) is 0 Å². The van der Waals surface area contributed by atoms with Gasteiger partial charge in [-0.15, -0.1) is 0 Å². The molecule has 92 valence electrons. The molecule has 2 aliphatic carbocycles. The fourth-order valence-electron chi connectivity index (χ4n) is 4.49. The van der Waals surface area contributed by atoms with Crippen molar-refractivity contribution < 1.29 is 5.11 Å². The lowest BCUT2D eigenvalue weighted by molar-refractivity contribution is -0.0926. The van der Waals surface area contributed by atoms with Gasteiger partial charge in [-0.3, -0.25) is 0 Å². The average Bonchev–Trinajstić information content (AvgIpc) is 2.65. The second-order valence-corrected chi connectivity index (χ2v) is 7.06. The molecule has 0 aliphatic heterocycles. The largest absolute Gasteiger partial charge is 0.385 e. The van der Waals surface area contributed by atoms with Gasteiger partial charge in [0.25, 0.3) is 0 Å². The SMILES string of the molecule is CC1(C)C[C@@]2(C)C[C@H]1C[C@@]2(O)c1ccccc1. The number of benzene rings is 1. The monoisotopic (exact) mass is 230 g/mol. The molecule has 0 unspecified atom stereocenters. The quantitative estimate of drug-likeness (QED) is 0.779. The first-order chi connectivity index (χ1) is 7.87. The van der Waals surface area contributed by atoms with Crippen LogP contribution in [-0.4, -0.2) is 5.11 Å². The number of hydrogen-bond donors (Lipinski definition) is 1. The van der Waals surface area contributed by atoms with Gasteiger partial charge in [-0.25, -0.2) is 0 Å². The Hall–Kier alpha value is -0.820. The van der Waals surface area contributed by atoms with Gasteiger partial charge in [-0.2, -0.15) is 0 Å². The van der Waals surface area contributed by atoms with Crippen LogP contribution >= 0.6 is 0 Å². The highest BCUT2D eigenvalue weighted by Gasteiger charge is 2.64. The Bertz CT molecular complexity index is 436. The van der Waals surface area contributed by atoms with Crippen molar-refractivity contribution in [2.24, 2.45) is 16.7 Å². The second kappa shape index (κ2) is 3.14. The van der Waals surface area contributed by atoms with Crippen LogP contribution in [0.5, 0.6) is 0 Å². The molecule has 17 heavy (non-hydrogen) atoms. The van der Waals surface area contributed by atoms with Crippen LogP contribution in [0.3, 0.4) is 0 Å². The molecule has 3 atom stereocenters. The average molecular weight is 230 g/mol. The molecule has 2 aliphatic rings. The lowest BCUT2D eigenvalue weighted by atomic mass is 9.63. The van der Waals surface area contributed by atoms with Gasteiger partial charge in [-0.1, -0.05) is 51.1 Å². The van der Waals surface area contributed by atoms with Crippen molar-refractivity contribution in [1.29, 1.82) is 0 Å². The maximum absolute atomic E-state index is 11.1. The standard InChI is InChI=1S/C16H22O/c1-14(2)11-15(3)9-13(14)10-16(15,17)12-7-5-4-6-8-12/h4-8,13,17H,9-11H2,1-3H3/t13-,15+,16+/m0/s1. The van der Waals surface area contributed by atoms with E-state index in [1.54, 1.807) is 0 Å². The summed E-state index contributed by atoms with van der Waals surface area (Å²) < 4.78 is 0. The third-order valence-electron chi connectivity index (χ3n) is 5.44. The maximum Gasteiger partial charge on any atom is 0.0952 e. The second-order valence-electron chi connectivity index (χ2n) is 7.06. The summed E-state index contributed by atoms with van der Waals surface area (Å²) in [6.07, 6.45) is 3.24. The van der Waals surface area contributed by atoms with Crippen LogP contribution in [0.2, 0.25) is 0 Å². The van der Waals surface area contributed by atoms with E-state index in [1.807, 2.05) is 18.2 Å². The maximum atomic E-state index is 11.1. The van der Waals surface area contributed by atoms with Gasteiger partial charge >= 0.3 is 0 Å². The third kappa shape index (κ3) is 1.35. The normalized spacial score (nSPS) is 42.9. The lowest BCUT2D eigenvalue weighted by Gasteiger charge is -2.46. The van der Waals surface area contributed by atoms with E-state index < -0.39 is 5.60 Å². The van der Waals surface area contributed by atoms with Gasteiger partial charge in [0.05, 0.1) is 5.60 Å². The molecule has 3 rings (SSSR count). The van der Waals surface area contributed by atoms with Crippen molar-refractivity contribution in [2.45, 2.75) is 45.6 Å². The first-order valence-corrected chi connectivity index (χ1v) is 6.65. The minimum Gasteiger partial charge on any atom is -0.385 e. The Morgan fingerprint density at radius 1 is 1.06 bits per heavy atom. The van der Waals surface area contributed by atoms with E-state index in [-0.39, 0.29) is 5.41 Å². The fourth-order valence-corrected chi connectivity index (χ4v) is 4.49. The van der Waals surface area contributed by atoms with Crippen LogP contribution in [0.1, 0.15) is 45.6 Å². The Labute approximate surface area is 104 Å². The van der Waals surface area contributed by atoms with Crippen molar-refractivity contribution in [3.8, 4) is 0 Å². The topological polar surface area (TPSA) is 20.2 Å². The van der Waals surface area contributed by atoms with E-state index in [0.717, 1.165) is 18.4 Å².